The maximum Gasteiger partial charge on any atom is 0.312 e. The van der Waals surface area contributed by atoms with E-state index < -0.39 is 40.3 Å². The van der Waals surface area contributed by atoms with E-state index in [0.717, 1.165) is 18.2 Å². The van der Waals surface area contributed by atoms with Crippen LogP contribution in [0.3, 0.4) is 0 Å². The Kier molecular flexibility index (Phi) is 4.70. The molecule has 0 unspecified atom stereocenters. The summed E-state index contributed by atoms with van der Waals surface area (Å²) in [5, 5.41) is 40.7. The number of rotatable bonds is 2. The van der Waals surface area contributed by atoms with Crippen LogP contribution in [0.25, 0.3) is 22.3 Å². The fraction of sp³-hybridized carbons (Fsp3) is 0.120. The average Bonchev–Trinajstić information content (AvgIpc) is 3.31. The molecule has 2 aliphatic heterocycles. The lowest BCUT2D eigenvalue weighted by Gasteiger charge is -2.26. The van der Waals surface area contributed by atoms with Crippen LogP contribution in [-0.4, -0.2) is 33.2 Å². The van der Waals surface area contributed by atoms with Crippen molar-refractivity contribution in [1.82, 2.24) is 0 Å². The van der Waals surface area contributed by atoms with Crippen molar-refractivity contribution in [1.29, 1.82) is 0 Å². The van der Waals surface area contributed by atoms with E-state index in [4.69, 9.17) is 30.2 Å². The summed E-state index contributed by atoms with van der Waals surface area (Å²) in [5.74, 6) is -3.25. The fourth-order valence-corrected chi connectivity index (χ4v) is 4.79. The highest BCUT2D eigenvalue weighted by Crippen LogP contribution is 2.50. The van der Waals surface area contributed by atoms with Crippen molar-refractivity contribution in [3.05, 3.63) is 62.8 Å². The zero-order valence-electron chi connectivity index (χ0n) is 18.1. The molecule has 3 aromatic carbocycles. The smallest absolute Gasteiger partial charge is 0.312 e. The molecule has 0 amide bonds. The minimum atomic E-state index is -0.946. The molecule has 11 heteroatoms. The average molecular weight is 511 g/mol. The van der Waals surface area contributed by atoms with E-state index in [2.05, 4.69) is 0 Å². The van der Waals surface area contributed by atoms with Gasteiger partial charge in [0.05, 0.1) is 11.4 Å². The zero-order valence-corrected chi connectivity index (χ0v) is 18.8. The lowest BCUT2D eigenvalue weighted by molar-refractivity contribution is -0.135. The standard InChI is InChI=1S/C25H15ClO10/c26-12-3-10(5-17-24(12)34-8-33-17)11-6-18(30)35-16-7-15(29)20-21(31)22(32)23(36-25(20)19(11)16)9-1-2-13(27)14(28)4-9/h1-5,7,11,27-29,32H,6,8H2/t11-/m1/s1. The number of hydrogen-bond donors (Lipinski definition) is 4. The van der Waals surface area contributed by atoms with Gasteiger partial charge in [-0.25, -0.2) is 0 Å². The summed E-state index contributed by atoms with van der Waals surface area (Å²) >= 11 is 6.37. The van der Waals surface area contributed by atoms with Gasteiger partial charge in [0, 0.05) is 23.1 Å². The predicted molar refractivity (Wildman–Crippen MR) is 124 cm³/mol. The Balaban J connectivity index is 1.66. The topological polar surface area (TPSA) is 156 Å². The number of aromatic hydroxyl groups is 4. The Morgan fingerprint density at radius 1 is 0.889 bits per heavy atom. The Labute approximate surface area is 206 Å². The van der Waals surface area contributed by atoms with E-state index in [1.165, 1.54) is 6.07 Å². The molecule has 10 nitrogen and oxygen atoms in total. The minimum Gasteiger partial charge on any atom is -0.507 e. The van der Waals surface area contributed by atoms with Gasteiger partial charge in [0.2, 0.25) is 18.0 Å². The number of halogens is 1. The summed E-state index contributed by atoms with van der Waals surface area (Å²) in [5.41, 5.74) is -0.207. The lowest BCUT2D eigenvalue weighted by atomic mass is 9.85. The van der Waals surface area contributed by atoms with Gasteiger partial charge in [0.15, 0.2) is 28.8 Å². The molecule has 0 spiro atoms. The molecule has 0 bridgehead atoms. The Bertz CT molecular complexity index is 1670. The maximum absolute atomic E-state index is 13.1. The summed E-state index contributed by atoms with van der Waals surface area (Å²) in [4.78, 5) is 25.6. The van der Waals surface area contributed by atoms with Crippen LogP contribution in [0.15, 0.2) is 45.6 Å². The minimum absolute atomic E-state index is 0.0183. The molecule has 36 heavy (non-hydrogen) atoms. The van der Waals surface area contributed by atoms with E-state index in [0.29, 0.717) is 17.1 Å². The highest BCUT2D eigenvalue weighted by Gasteiger charge is 2.35. The number of phenolic OH excluding ortho intramolecular Hbond substituents is 3. The lowest BCUT2D eigenvalue weighted by Crippen LogP contribution is -2.22. The third-order valence-corrected chi connectivity index (χ3v) is 6.44. The van der Waals surface area contributed by atoms with Gasteiger partial charge in [-0.1, -0.05) is 11.6 Å². The van der Waals surface area contributed by atoms with Gasteiger partial charge >= 0.3 is 5.97 Å². The van der Waals surface area contributed by atoms with Crippen LogP contribution in [-0.2, 0) is 4.79 Å². The first-order valence-electron chi connectivity index (χ1n) is 10.6. The SMILES string of the molecule is O=C1C[C@H](c2cc(Cl)c3c(c2)OCO3)c2c(cc(O)c3c(=O)c(O)c(-c4ccc(O)c(O)c4)oc23)O1. The molecule has 0 aliphatic carbocycles. The Hall–Kier alpha value is -4.57. The normalized spacial score (nSPS) is 16.1. The number of ether oxygens (including phenoxy) is 3. The van der Waals surface area contributed by atoms with Gasteiger partial charge in [-0.3, -0.25) is 9.59 Å². The van der Waals surface area contributed by atoms with E-state index in [9.17, 15) is 30.0 Å². The maximum atomic E-state index is 13.1. The molecule has 1 atom stereocenters. The number of esters is 1. The molecule has 0 saturated carbocycles. The van der Waals surface area contributed by atoms with Crippen molar-refractivity contribution in [3.63, 3.8) is 0 Å². The van der Waals surface area contributed by atoms with Gasteiger partial charge in [0.1, 0.15) is 22.5 Å². The molecule has 0 saturated heterocycles. The van der Waals surface area contributed by atoms with Crippen LogP contribution in [0.2, 0.25) is 5.02 Å². The van der Waals surface area contributed by atoms with Crippen LogP contribution >= 0.6 is 11.6 Å². The first-order valence-corrected chi connectivity index (χ1v) is 11.0. The molecule has 4 N–H and O–H groups in total. The summed E-state index contributed by atoms with van der Waals surface area (Å²) < 4.78 is 22.1. The van der Waals surface area contributed by atoms with Gasteiger partial charge in [-0.15, -0.1) is 0 Å². The van der Waals surface area contributed by atoms with Gasteiger partial charge in [0.25, 0.3) is 0 Å². The second-order valence-electron chi connectivity index (χ2n) is 8.29. The number of carbonyl (C=O) groups is 1. The number of carbonyl (C=O) groups excluding carboxylic acids is 1. The van der Waals surface area contributed by atoms with Crippen LogP contribution in [0, 0.1) is 0 Å². The predicted octanol–water partition coefficient (Wildman–Crippen LogP) is 4.11. The summed E-state index contributed by atoms with van der Waals surface area (Å²) in [7, 11) is 0. The molecule has 182 valence electrons. The zero-order chi connectivity index (χ0) is 25.3. The molecule has 0 fully saturated rings. The molecular weight excluding hydrogens is 496 g/mol. The molecule has 4 aromatic rings. The Morgan fingerprint density at radius 2 is 1.69 bits per heavy atom. The van der Waals surface area contributed by atoms with Crippen molar-refractivity contribution in [2.24, 2.45) is 0 Å². The summed E-state index contributed by atoms with van der Waals surface area (Å²) in [6.45, 7) is -0.0183. The molecule has 0 radical (unpaired) electrons. The second kappa shape index (κ2) is 7.72. The molecule has 6 rings (SSSR count). The van der Waals surface area contributed by atoms with E-state index in [1.807, 2.05) is 0 Å². The first kappa shape index (κ1) is 21.9. The largest absolute Gasteiger partial charge is 0.507 e. The van der Waals surface area contributed by atoms with Crippen LogP contribution in [0.5, 0.6) is 40.2 Å². The van der Waals surface area contributed by atoms with Crippen LogP contribution in [0.1, 0.15) is 23.5 Å². The molecule has 3 heterocycles. The monoisotopic (exact) mass is 510 g/mol. The third kappa shape index (κ3) is 3.18. The summed E-state index contributed by atoms with van der Waals surface area (Å²) in [6, 6.07) is 7.94. The van der Waals surface area contributed by atoms with Crippen molar-refractivity contribution in [2.45, 2.75) is 12.3 Å². The van der Waals surface area contributed by atoms with Crippen molar-refractivity contribution < 1.29 is 43.8 Å². The molecule has 2 aliphatic rings. The first-order chi connectivity index (χ1) is 17.2. The quantitative estimate of drug-likeness (QED) is 0.176. The van der Waals surface area contributed by atoms with Gasteiger partial charge in [-0.05, 0) is 35.9 Å². The van der Waals surface area contributed by atoms with E-state index in [1.54, 1.807) is 12.1 Å². The van der Waals surface area contributed by atoms with Crippen molar-refractivity contribution >= 4 is 28.5 Å². The second-order valence-corrected chi connectivity index (χ2v) is 8.70. The van der Waals surface area contributed by atoms with Crippen LogP contribution < -0.4 is 19.6 Å². The number of benzene rings is 3. The van der Waals surface area contributed by atoms with Crippen molar-refractivity contribution in [2.75, 3.05) is 6.79 Å². The number of phenols is 3. The van der Waals surface area contributed by atoms with Crippen LogP contribution in [0.4, 0.5) is 0 Å². The molecular formula is C25H15ClO10. The highest BCUT2D eigenvalue weighted by atomic mass is 35.5. The van der Waals surface area contributed by atoms with Gasteiger partial charge < -0.3 is 39.1 Å². The van der Waals surface area contributed by atoms with Gasteiger partial charge in [-0.2, -0.15) is 0 Å². The van der Waals surface area contributed by atoms with E-state index in [-0.39, 0.29) is 51.8 Å². The van der Waals surface area contributed by atoms with Crippen molar-refractivity contribution in [3.8, 4) is 51.6 Å². The highest BCUT2D eigenvalue weighted by molar-refractivity contribution is 6.32. The number of hydrogen-bond acceptors (Lipinski definition) is 10. The fourth-order valence-electron chi connectivity index (χ4n) is 4.52. The van der Waals surface area contributed by atoms with E-state index >= 15 is 0 Å². The third-order valence-electron chi connectivity index (χ3n) is 6.16. The number of fused-ring (bicyclic) bond motifs is 4. The summed E-state index contributed by atoms with van der Waals surface area (Å²) in [6.07, 6.45) is -0.150. The molecule has 1 aromatic heterocycles. The Morgan fingerprint density at radius 3 is 2.47 bits per heavy atom.